The summed E-state index contributed by atoms with van der Waals surface area (Å²) in [6, 6.07) is 11.8. The summed E-state index contributed by atoms with van der Waals surface area (Å²) >= 11 is 0. The first-order valence-corrected chi connectivity index (χ1v) is 7.35. The number of carbonyl (C=O) groups excluding carboxylic acids is 2. The average molecular weight is 323 g/mol. The summed E-state index contributed by atoms with van der Waals surface area (Å²) < 4.78 is 10.5. The highest BCUT2D eigenvalue weighted by Crippen LogP contribution is 2.41. The summed E-state index contributed by atoms with van der Waals surface area (Å²) in [5, 5.41) is 10.7. The minimum atomic E-state index is -0.543. The van der Waals surface area contributed by atoms with E-state index in [1.54, 1.807) is 42.5 Å². The largest absolute Gasteiger partial charge is 0.506 e. The van der Waals surface area contributed by atoms with Crippen LogP contribution in [0.25, 0.3) is 11.3 Å². The van der Waals surface area contributed by atoms with Crippen LogP contribution in [-0.2, 0) is 9.59 Å². The predicted octanol–water partition coefficient (Wildman–Crippen LogP) is 2.73. The van der Waals surface area contributed by atoms with Gasteiger partial charge in [-0.1, -0.05) is 18.2 Å². The minimum Gasteiger partial charge on any atom is -0.506 e. The van der Waals surface area contributed by atoms with Crippen LogP contribution in [-0.4, -0.2) is 23.7 Å². The second kappa shape index (κ2) is 5.13. The number of hydrogen-bond donors (Lipinski definition) is 1. The smallest absolute Gasteiger partial charge is 0.269 e. The van der Waals surface area contributed by atoms with Crippen molar-refractivity contribution in [3.63, 3.8) is 0 Å². The Balaban J connectivity index is 1.90. The summed E-state index contributed by atoms with van der Waals surface area (Å²) in [5.41, 5.74) is 1.51. The van der Waals surface area contributed by atoms with Gasteiger partial charge in [-0.05, 0) is 24.3 Å². The van der Waals surface area contributed by atoms with Gasteiger partial charge in [0.25, 0.3) is 5.91 Å². The van der Waals surface area contributed by atoms with Crippen molar-refractivity contribution in [1.29, 1.82) is 0 Å². The number of aliphatic hydroxyl groups is 1. The van der Waals surface area contributed by atoms with Gasteiger partial charge in [-0.25, -0.2) is 4.90 Å². The molecule has 1 N–H and O–H groups in total. The molecular weight excluding hydrogens is 310 g/mol. The molecule has 0 saturated heterocycles. The second-order valence-corrected chi connectivity index (χ2v) is 5.47. The van der Waals surface area contributed by atoms with Gasteiger partial charge in [-0.15, -0.1) is 0 Å². The van der Waals surface area contributed by atoms with E-state index in [1.807, 2.05) is 0 Å². The van der Waals surface area contributed by atoms with Crippen LogP contribution in [0.15, 0.2) is 42.5 Å². The maximum absolute atomic E-state index is 12.7. The molecule has 2 aliphatic rings. The van der Waals surface area contributed by atoms with Crippen molar-refractivity contribution in [1.82, 2.24) is 0 Å². The lowest BCUT2D eigenvalue weighted by Gasteiger charge is -2.11. The number of imide groups is 1. The summed E-state index contributed by atoms with van der Waals surface area (Å²) in [6.45, 7) is 1.44. The van der Waals surface area contributed by atoms with Crippen LogP contribution >= 0.6 is 0 Å². The van der Waals surface area contributed by atoms with Gasteiger partial charge in [-0.2, -0.15) is 0 Å². The van der Waals surface area contributed by atoms with E-state index in [-0.39, 0.29) is 18.1 Å². The number of rotatable bonds is 1. The lowest BCUT2D eigenvalue weighted by Crippen LogP contribution is -2.31. The fraction of sp³-hybridized carbons (Fsp3) is 0.111. The molecule has 0 aromatic heterocycles. The highest BCUT2D eigenvalue weighted by Gasteiger charge is 2.37. The number of amides is 2. The van der Waals surface area contributed by atoms with Crippen molar-refractivity contribution in [2.45, 2.75) is 6.92 Å². The van der Waals surface area contributed by atoms with Crippen molar-refractivity contribution in [3.8, 4) is 11.5 Å². The number of carbonyl (C=O) groups is 2. The predicted molar refractivity (Wildman–Crippen MR) is 86.6 cm³/mol. The summed E-state index contributed by atoms with van der Waals surface area (Å²) in [6.07, 6.45) is 0. The standard InChI is InChI=1S/C18H13NO5/c1-10(20)19-13-5-3-2-4-12(13)16(18(19)22)17(21)11-6-7-14-15(8-11)24-9-23-14/h2-8,21H,9H2,1H3. The topological polar surface area (TPSA) is 76.1 Å². The Morgan fingerprint density at radius 2 is 1.88 bits per heavy atom. The van der Waals surface area contributed by atoms with E-state index in [9.17, 15) is 14.7 Å². The van der Waals surface area contributed by atoms with Crippen LogP contribution in [0.2, 0.25) is 0 Å². The zero-order valence-corrected chi connectivity index (χ0v) is 12.8. The zero-order valence-electron chi connectivity index (χ0n) is 12.8. The number of anilines is 1. The van der Waals surface area contributed by atoms with Crippen LogP contribution in [0.1, 0.15) is 18.1 Å². The molecule has 2 aromatic rings. The number of benzene rings is 2. The molecule has 120 valence electrons. The highest BCUT2D eigenvalue weighted by atomic mass is 16.7. The van der Waals surface area contributed by atoms with Crippen LogP contribution < -0.4 is 14.4 Å². The van der Waals surface area contributed by atoms with Crippen molar-refractivity contribution in [3.05, 3.63) is 53.6 Å². The fourth-order valence-corrected chi connectivity index (χ4v) is 2.95. The Hall–Kier alpha value is -3.28. The number of para-hydroxylation sites is 1. The molecule has 0 bridgehead atoms. The Kier molecular flexibility index (Phi) is 3.06. The van der Waals surface area contributed by atoms with Crippen LogP contribution in [0.5, 0.6) is 11.5 Å². The molecule has 4 rings (SSSR count). The lowest BCUT2D eigenvalue weighted by molar-refractivity contribution is -0.122. The molecule has 0 aliphatic carbocycles. The van der Waals surface area contributed by atoms with Gasteiger partial charge < -0.3 is 14.6 Å². The van der Waals surface area contributed by atoms with Gasteiger partial charge in [0.05, 0.1) is 11.3 Å². The van der Waals surface area contributed by atoms with E-state index >= 15 is 0 Å². The third kappa shape index (κ3) is 1.96. The van der Waals surface area contributed by atoms with Gasteiger partial charge in [0.1, 0.15) is 5.76 Å². The molecule has 0 radical (unpaired) electrons. The molecule has 2 amide bonds. The Morgan fingerprint density at radius 1 is 1.12 bits per heavy atom. The minimum absolute atomic E-state index is 0.0969. The first-order valence-electron chi connectivity index (χ1n) is 7.35. The normalized spacial score (nSPS) is 17.0. The molecule has 0 fully saturated rings. The zero-order chi connectivity index (χ0) is 16.8. The van der Waals surface area contributed by atoms with Gasteiger partial charge in [0.2, 0.25) is 12.7 Å². The second-order valence-electron chi connectivity index (χ2n) is 5.47. The Morgan fingerprint density at radius 3 is 2.67 bits per heavy atom. The molecule has 0 atom stereocenters. The monoisotopic (exact) mass is 323 g/mol. The molecule has 24 heavy (non-hydrogen) atoms. The van der Waals surface area contributed by atoms with Crippen LogP contribution in [0, 0.1) is 0 Å². The van der Waals surface area contributed by atoms with E-state index in [0.29, 0.717) is 28.3 Å². The summed E-state index contributed by atoms with van der Waals surface area (Å²) in [4.78, 5) is 25.6. The van der Waals surface area contributed by atoms with E-state index in [0.717, 1.165) is 4.90 Å². The number of ether oxygens (including phenoxy) is 2. The van der Waals surface area contributed by atoms with E-state index in [1.165, 1.54) is 6.92 Å². The number of nitrogens with zero attached hydrogens (tertiary/aromatic N) is 1. The van der Waals surface area contributed by atoms with E-state index in [2.05, 4.69) is 0 Å². The van der Waals surface area contributed by atoms with Gasteiger partial charge in [0, 0.05) is 18.1 Å². The first kappa shape index (κ1) is 14.3. The quantitative estimate of drug-likeness (QED) is 0.645. The maximum Gasteiger partial charge on any atom is 0.269 e. The average Bonchev–Trinajstić information content (AvgIpc) is 3.14. The third-order valence-corrected chi connectivity index (χ3v) is 4.03. The molecule has 2 aromatic carbocycles. The van der Waals surface area contributed by atoms with E-state index < -0.39 is 11.8 Å². The molecule has 2 heterocycles. The first-order chi connectivity index (χ1) is 11.6. The fourth-order valence-electron chi connectivity index (χ4n) is 2.95. The highest BCUT2D eigenvalue weighted by molar-refractivity contribution is 6.42. The molecule has 0 unspecified atom stereocenters. The number of hydrogen-bond acceptors (Lipinski definition) is 5. The molecule has 6 heteroatoms. The van der Waals surface area contributed by atoms with Crippen LogP contribution in [0.4, 0.5) is 5.69 Å². The maximum atomic E-state index is 12.7. The molecule has 0 saturated carbocycles. The number of fused-ring (bicyclic) bond motifs is 2. The van der Waals surface area contributed by atoms with E-state index in [4.69, 9.17) is 9.47 Å². The van der Waals surface area contributed by atoms with Gasteiger partial charge >= 0.3 is 0 Å². The van der Waals surface area contributed by atoms with Crippen molar-refractivity contribution in [2.24, 2.45) is 0 Å². The van der Waals surface area contributed by atoms with Crippen molar-refractivity contribution < 1.29 is 24.2 Å². The molecule has 0 spiro atoms. The van der Waals surface area contributed by atoms with Crippen molar-refractivity contribution >= 4 is 28.8 Å². The summed E-state index contributed by atoms with van der Waals surface area (Å²) in [5.74, 6) is -0.0591. The Bertz CT molecular complexity index is 915. The molecule has 2 aliphatic heterocycles. The summed E-state index contributed by atoms with van der Waals surface area (Å²) in [7, 11) is 0. The lowest BCUT2D eigenvalue weighted by atomic mass is 10.0. The van der Waals surface area contributed by atoms with Crippen LogP contribution in [0.3, 0.4) is 0 Å². The van der Waals surface area contributed by atoms with Crippen molar-refractivity contribution in [2.75, 3.05) is 11.7 Å². The Labute approximate surface area is 137 Å². The molecular formula is C18H13NO5. The number of aliphatic hydroxyl groups excluding tert-OH is 1. The van der Waals surface area contributed by atoms with Gasteiger partial charge in [0.15, 0.2) is 11.5 Å². The molecule has 6 nitrogen and oxygen atoms in total. The third-order valence-electron chi connectivity index (χ3n) is 4.03. The SMILES string of the molecule is CC(=O)N1C(=O)C(=C(O)c2ccc3c(c2)OCO3)c2ccccc21. The van der Waals surface area contributed by atoms with Gasteiger partial charge in [-0.3, -0.25) is 9.59 Å².